The quantitative estimate of drug-likeness (QED) is 0.611. The molecule has 0 radical (unpaired) electrons. The van der Waals surface area contributed by atoms with E-state index >= 15 is 0 Å². The van der Waals surface area contributed by atoms with Crippen molar-refractivity contribution in [1.82, 2.24) is 4.57 Å². The van der Waals surface area contributed by atoms with E-state index in [2.05, 4.69) is 0 Å². The number of halogens is 1. The molecule has 1 heterocycles. The van der Waals surface area contributed by atoms with E-state index in [1.54, 1.807) is 48.1 Å². The summed E-state index contributed by atoms with van der Waals surface area (Å²) in [7, 11) is 6.19. The van der Waals surface area contributed by atoms with Crippen LogP contribution in [0.1, 0.15) is 0 Å². The molecule has 6 nitrogen and oxygen atoms in total. The smallest absolute Gasteiger partial charge is 0.313 e. The summed E-state index contributed by atoms with van der Waals surface area (Å²) in [5, 5.41) is 0. The van der Waals surface area contributed by atoms with Gasteiger partial charge in [0, 0.05) is 5.56 Å². The summed E-state index contributed by atoms with van der Waals surface area (Å²) in [6.45, 7) is 0. The van der Waals surface area contributed by atoms with Crippen LogP contribution in [-0.2, 0) is 0 Å². The number of nitrogens with zero attached hydrogens (tertiary/aromatic N) is 1. The minimum atomic E-state index is -0.200. The highest BCUT2D eigenvalue weighted by Gasteiger charge is 2.21. The first-order chi connectivity index (χ1) is 13.0. The second-order valence-electron chi connectivity index (χ2n) is 5.44. The van der Waals surface area contributed by atoms with Crippen LogP contribution < -0.4 is 23.8 Å². The number of rotatable bonds is 6. The van der Waals surface area contributed by atoms with Crippen LogP contribution in [0.2, 0.25) is 4.34 Å². The number of aromatic nitrogens is 1. The number of benzene rings is 2. The highest BCUT2D eigenvalue weighted by Crippen LogP contribution is 2.43. The summed E-state index contributed by atoms with van der Waals surface area (Å²) >= 11 is 7.38. The van der Waals surface area contributed by atoms with E-state index in [9.17, 15) is 4.79 Å². The molecule has 0 atom stereocenters. The molecule has 0 saturated heterocycles. The van der Waals surface area contributed by atoms with E-state index in [0.717, 1.165) is 11.3 Å². The van der Waals surface area contributed by atoms with Crippen LogP contribution in [0.3, 0.4) is 0 Å². The van der Waals surface area contributed by atoms with Crippen molar-refractivity contribution in [3.05, 3.63) is 50.4 Å². The van der Waals surface area contributed by atoms with E-state index in [4.69, 9.17) is 30.5 Å². The Morgan fingerprint density at radius 2 is 1.48 bits per heavy atom. The fourth-order valence-electron chi connectivity index (χ4n) is 2.78. The summed E-state index contributed by atoms with van der Waals surface area (Å²) in [6, 6.07) is 10.7. The molecule has 0 amide bonds. The van der Waals surface area contributed by atoms with Crippen molar-refractivity contribution in [2.24, 2.45) is 0 Å². The summed E-state index contributed by atoms with van der Waals surface area (Å²) in [5.41, 5.74) is 1.90. The van der Waals surface area contributed by atoms with Crippen LogP contribution >= 0.6 is 22.9 Å². The Hall–Kier alpha value is -2.64. The van der Waals surface area contributed by atoms with Gasteiger partial charge in [-0.05, 0) is 36.4 Å². The Bertz CT molecular complexity index is 985. The molecule has 0 bridgehead atoms. The molecular weight excluding hydrogens is 390 g/mol. The Balaban J connectivity index is 2.25. The standard InChI is InChI=1S/C19H18ClNO5S/c1-23-13-7-5-12(6-8-13)21-16(18(20)27-19(21)22)11-9-14(24-2)17(26-4)15(10-11)25-3/h5-10H,1-4H3. The molecule has 0 aliphatic heterocycles. The lowest BCUT2D eigenvalue weighted by molar-refractivity contribution is 0.324. The Kier molecular flexibility index (Phi) is 5.62. The lowest BCUT2D eigenvalue weighted by Crippen LogP contribution is -2.12. The molecule has 3 aromatic rings. The largest absolute Gasteiger partial charge is 0.497 e. The second-order valence-corrected chi connectivity index (χ2v) is 7.00. The minimum absolute atomic E-state index is 0.200. The van der Waals surface area contributed by atoms with Crippen molar-refractivity contribution in [1.29, 1.82) is 0 Å². The van der Waals surface area contributed by atoms with Gasteiger partial charge in [-0.1, -0.05) is 22.9 Å². The molecule has 0 unspecified atom stereocenters. The van der Waals surface area contributed by atoms with E-state index < -0.39 is 0 Å². The highest BCUT2D eigenvalue weighted by molar-refractivity contribution is 7.14. The van der Waals surface area contributed by atoms with Gasteiger partial charge in [0.1, 0.15) is 10.1 Å². The maximum atomic E-state index is 12.6. The predicted octanol–water partition coefficient (Wildman–Crippen LogP) is 4.25. The van der Waals surface area contributed by atoms with Crippen LogP contribution in [0.5, 0.6) is 23.0 Å². The molecule has 1 aromatic heterocycles. The normalized spacial score (nSPS) is 10.6. The Morgan fingerprint density at radius 3 is 1.96 bits per heavy atom. The van der Waals surface area contributed by atoms with E-state index in [1.165, 1.54) is 21.3 Å². The van der Waals surface area contributed by atoms with Crippen molar-refractivity contribution in [2.75, 3.05) is 28.4 Å². The average molecular weight is 408 g/mol. The monoisotopic (exact) mass is 407 g/mol. The zero-order chi connectivity index (χ0) is 19.6. The first kappa shape index (κ1) is 19.1. The van der Waals surface area contributed by atoms with Crippen molar-refractivity contribution >= 4 is 22.9 Å². The summed E-state index contributed by atoms with van der Waals surface area (Å²) in [5.74, 6) is 2.11. The zero-order valence-corrected chi connectivity index (χ0v) is 16.8. The second kappa shape index (κ2) is 7.94. The number of hydrogen-bond acceptors (Lipinski definition) is 6. The van der Waals surface area contributed by atoms with Crippen LogP contribution in [-0.4, -0.2) is 33.0 Å². The lowest BCUT2D eigenvalue weighted by atomic mass is 10.1. The third-order valence-corrected chi connectivity index (χ3v) is 5.18. The van der Waals surface area contributed by atoms with Gasteiger partial charge in [-0.15, -0.1) is 0 Å². The number of ether oxygens (including phenoxy) is 4. The maximum Gasteiger partial charge on any atom is 0.313 e. The highest BCUT2D eigenvalue weighted by atomic mass is 35.5. The van der Waals surface area contributed by atoms with Crippen LogP contribution in [0.15, 0.2) is 41.2 Å². The molecule has 3 rings (SSSR count). The van der Waals surface area contributed by atoms with Crippen LogP contribution in [0, 0.1) is 0 Å². The van der Waals surface area contributed by atoms with Gasteiger partial charge in [-0.25, -0.2) is 0 Å². The molecule has 0 aliphatic carbocycles. The van der Waals surface area contributed by atoms with Crippen molar-refractivity contribution in [3.8, 4) is 39.9 Å². The third-order valence-electron chi connectivity index (χ3n) is 4.04. The number of hydrogen-bond donors (Lipinski definition) is 0. The van der Waals surface area contributed by atoms with Crippen molar-refractivity contribution in [2.45, 2.75) is 0 Å². The maximum absolute atomic E-state index is 12.6. The molecular formula is C19H18ClNO5S. The fraction of sp³-hybridized carbons (Fsp3) is 0.211. The Labute approximate surface area is 165 Å². The summed E-state index contributed by atoms with van der Waals surface area (Å²) in [6.07, 6.45) is 0. The number of methoxy groups -OCH3 is 4. The molecule has 0 spiro atoms. The minimum Gasteiger partial charge on any atom is -0.497 e. The third kappa shape index (κ3) is 3.48. The van der Waals surface area contributed by atoms with Crippen LogP contribution in [0.4, 0.5) is 0 Å². The average Bonchev–Trinajstić information content (AvgIpc) is 3.00. The van der Waals surface area contributed by atoms with Crippen LogP contribution in [0.25, 0.3) is 16.9 Å². The zero-order valence-electron chi connectivity index (χ0n) is 15.2. The van der Waals surface area contributed by atoms with E-state index in [0.29, 0.717) is 44.3 Å². The molecule has 27 heavy (non-hydrogen) atoms. The van der Waals surface area contributed by atoms with E-state index in [1.807, 2.05) is 0 Å². The SMILES string of the molecule is COc1ccc(-n2c(-c3cc(OC)c(OC)c(OC)c3)c(Cl)sc2=O)cc1. The van der Waals surface area contributed by atoms with Gasteiger partial charge in [0.05, 0.1) is 39.8 Å². The Morgan fingerprint density at radius 1 is 0.889 bits per heavy atom. The summed E-state index contributed by atoms with van der Waals surface area (Å²) in [4.78, 5) is 12.4. The van der Waals surface area contributed by atoms with Gasteiger partial charge in [0.15, 0.2) is 11.5 Å². The molecule has 142 valence electrons. The van der Waals surface area contributed by atoms with Gasteiger partial charge >= 0.3 is 4.87 Å². The van der Waals surface area contributed by atoms with Gasteiger partial charge < -0.3 is 18.9 Å². The van der Waals surface area contributed by atoms with Crippen molar-refractivity contribution in [3.63, 3.8) is 0 Å². The van der Waals surface area contributed by atoms with Gasteiger partial charge in [0.25, 0.3) is 0 Å². The predicted molar refractivity (Wildman–Crippen MR) is 107 cm³/mol. The topological polar surface area (TPSA) is 58.9 Å². The molecule has 0 saturated carbocycles. The molecule has 8 heteroatoms. The molecule has 0 fully saturated rings. The first-order valence-corrected chi connectivity index (χ1v) is 9.09. The lowest BCUT2D eigenvalue weighted by Gasteiger charge is -2.15. The first-order valence-electron chi connectivity index (χ1n) is 7.90. The van der Waals surface area contributed by atoms with E-state index in [-0.39, 0.29) is 4.87 Å². The van der Waals surface area contributed by atoms with Gasteiger partial charge in [0.2, 0.25) is 5.75 Å². The molecule has 2 aromatic carbocycles. The summed E-state index contributed by atoms with van der Waals surface area (Å²) < 4.78 is 23.3. The van der Waals surface area contributed by atoms with Crippen molar-refractivity contribution < 1.29 is 18.9 Å². The van der Waals surface area contributed by atoms with Gasteiger partial charge in [-0.2, -0.15) is 0 Å². The fourth-order valence-corrected chi connectivity index (χ4v) is 3.91. The molecule has 0 N–H and O–H groups in total. The number of thiazole rings is 1. The molecule has 0 aliphatic rings. The van der Waals surface area contributed by atoms with Gasteiger partial charge in [-0.3, -0.25) is 9.36 Å².